The van der Waals surface area contributed by atoms with Crippen LogP contribution in [0.25, 0.3) is 0 Å². The first kappa shape index (κ1) is 25.1. The molecule has 8 heteroatoms. The Morgan fingerprint density at radius 3 is 2.69 bits per heavy atom. The summed E-state index contributed by atoms with van der Waals surface area (Å²) in [5.74, 6) is 0.640. The third-order valence-corrected chi connectivity index (χ3v) is 7.28. The number of hydrogen-bond donors (Lipinski definition) is 5. The molecule has 0 bridgehead atoms. The van der Waals surface area contributed by atoms with E-state index in [1.54, 1.807) is 20.0 Å². The highest BCUT2D eigenvalue weighted by molar-refractivity contribution is 6.00. The van der Waals surface area contributed by atoms with Crippen molar-refractivity contribution in [1.82, 2.24) is 10.3 Å². The predicted molar refractivity (Wildman–Crippen MR) is 142 cm³/mol. The lowest BCUT2D eigenvalue weighted by molar-refractivity contribution is 0.0252. The quantitative estimate of drug-likeness (QED) is 0.381. The normalized spacial score (nSPS) is 22.4. The number of nitrogens with two attached hydrogens (primary N) is 1. The van der Waals surface area contributed by atoms with E-state index in [2.05, 4.69) is 38.9 Å². The molecule has 1 aliphatic heterocycles. The first-order chi connectivity index (χ1) is 16.6. The fraction of sp³-hybridized carbons (Fsp3) is 0.519. The van der Waals surface area contributed by atoms with Gasteiger partial charge in [-0.05, 0) is 63.3 Å². The maximum absolute atomic E-state index is 13.1. The Balaban J connectivity index is 1.54. The lowest BCUT2D eigenvalue weighted by Gasteiger charge is -2.29. The van der Waals surface area contributed by atoms with Crippen molar-refractivity contribution in [3.63, 3.8) is 0 Å². The molecule has 0 saturated heterocycles. The van der Waals surface area contributed by atoms with Gasteiger partial charge < -0.3 is 26.8 Å². The number of amides is 1. The molecule has 4 rings (SSSR count). The number of rotatable bonds is 8. The van der Waals surface area contributed by atoms with Gasteiger partial charge in [0.2, 0.25) is 0 Å². The van der Waals surface area contributed by atoms with Gasteiger partial charge in [0, 0.05) is 54.6 Å². The smallest absolute Gasteiger partial charge is 0.254 e. The van der Waals surface area contributed by atoms with E-state index >= 15 is 0 Å². The zero-order valence-electron chi connectivity index (χ0n) is 21.1. The van der Waals surface area contributed by atoms with Gasteiger partial charge in [0.05, 0.1) is 22.5 Å². The second-order valence-electron chi connectivity index (χ2n) is 10.6. The fourth-order valence-electron chi connectivity index (χ4n) is 4.43. The third kappa shape index (κ3) is 6.18. The molecule has 1 unspecified atom stereocenters. The molecule has 0 spiro atoms. The molecule has 1 amide bonds. The van der Waals surface area contributed by atoms with E-state index < -0.39 is 5.60 Å². The number of pyridine rings is 1. The molecule has 1 aromatic heterocycles. The van der Waals surface area contributed by atoms with E-state index in [1.165, 1.54) is 5.56 Å². The van der Waals surface area contributed by atoms with Crippen LogP contribution < -0.4 is 21.7 Å². The Hall–Kier alpha value is -2.97. The number of aliphatic hydroxyl groups is 1. The topological polar surface area (TPSA) is 125 Å². The number of carbonyl (C=O) groups is 1. The zero-order valence-corrected chi connectivity index (χ0v) is 21.1. The van der Waals surface area contributed by atoms with Crippen LogP contribution in [0, 0.1) is 5.92 Å². The van der Waals surface area contributed by atoms with E-state index in [9.17, 15) is 9.90 Å². The van der Waals surface area contributed by atoms with Crippen LogP contribution in [-0.4, -0.2) is 46.4 Å². The molecule has 1 saturated carbocycles. The van der Waals surface area contributed by atoms with Gasteiger partial charge >= 0.3 is 0 Å². The Morgan fingerprint density at radius 2 is 1.97 bits per heavy atom. The highest BCUT2D eigenvalue weighted by Gasteiger charge is 2.25. The minimum absolute atomic E-state index is 0.0947. The summed E-state index contributed by atoms with van der Waals surface area (Å²) in [5, 5.41) is 20.1. The van der Waals surface area contributed by atoms with E-state index in [1.807, 2.05) is 31.3 Å². The maximum atomic E-state index is 13.1. The zero-order chi connectivity index (χ0) is 25.2. The van der Waals surface area contributed by atoms with Gasteiger partial charge in [-0.15, -0.1) is 0 Å². The molecule has 2 heterocycles. The minimum atomic E-state index is -0.875. The molecule has 2 aromatic rings. The minimum Gasteiger partial charge on any atom is -0.390 e. The molecule has 2 atom stereocenters. The number of fused-ring (bicyclic) bond motifs is 1. The lowest BCUT2D eigenvalue weighted by atomic mass is 9.91. The SMILES string of the molecule is CC1C=Nc2ccc(Nc3cc(NC4CCC(N)CC4)c(C(=O)NC[C@@H](C)C(C)(C)O)cn3)cc21. The largest absolute Gasteiger partial charge is 0.390 e. The van der Waals surface area contributed by atoms with Crippen molar-refractivity contribution < 1.29 is 9.90 Å². The van der Waals surface area contributed by atoms with Crippen LogP contribution >= 0.6 is 0 Å². The van der Waals surface area contributed by atoms with Crippen molar-refractivity contribution in [2.24, 2.45) is 16.6 Å². The summed E-state index contributed by atoms with van der Waals surface area (Å²) in [6.45, 7) is 7.91. The molecule has 188 valence electrons. The molecule has 2 aliphatic rings. The summed E-state index contributed by atoms with van der Waals surface area (Å²) in [7, 11) is 0. The summed E-state index contributed by atoms with van der Waals surface area (Å²) < 4.78 is 0. The van der Waals surface area contributed by atoms with Crippen LogP contribution in [0.5, 0.6) is 0 Å². The van der Waals surface area contributed by atoms with Crippen molar-refractivity contribution in [2.75, 3.05) is 17.2 Å². The number of carbonyl (C=O) groups excluding carboxylic acids is 1. The Labute approximate surface area is 207 Å². The Morgan fingerprint density at radius 1 is 1.23 bits per heavy atom. The Bertz CT molecular complexity index is 1090. The number of hydrogen-bond acceptors (Lipinski definition) is 7. The molecule has 1 aliphatic carbocycles. The number of aliphatic imine (C=N–C) groups is 1. The predicted octanol–water partition coefficient (Wildman–Crippen LogP) is 4.46. The van der Waals surface area contributed by atoms with Gasteiger partial charge in [-0.2, -0.15) is 0 Å². The van der Waals surface area contributed by atoms with E-state index in [-0.39, 0.29) is 29.8 Å². The van der Waals surface area contributed by atoms with Crippen LogP contribution in [0.4, 0.5) is 22.9 Å². The van der Waals surface area contributed by atoms with E-state index in [4.69, 9.17) is 5.73 Å². The molecular formula is C27H38N6O2. The van der Waals surface area contributed by atoms with Crippen molar-refractivity contribution in [1.29, 1.82) is 0 Å². The van der Waals surface area contributed by atoms with Gasteiger partial charge in [0.1, 0.15) is 5.82 Å². The van der Waals surface area contributed by atoms with Crippen molar-refractivity contribution in [3.8, 4) is 0 Å². The number of nitrogens with one attached hydrogen (secondary N) is 3. The molecule has 8 nitrogen and oxygen atoms in total. The summed E-state index contributed by atoms with van der Waals surface area (Å²) in [6, 6.07) is 8.50. The van der Waals surface area contributed by atoms with Crippen molar-refractivity contribution >= 4 is 35.0 Å². The van der Waals surface area contributed by atoms with Crippen molar-refractivity contribution in [3.05, 3.63) is 41.6 Å². The van der Waals surface area contributed by atoms with Crippen molar-refractivity contribution in [2.45, 2.75) is 77.0 Å². The highest BCUT2D eigenvalue weighted by atomic mass is 16.3. The van der Waals surface area contributed by atoms with Gasteiger partial charge in [0.25, 0.3) is 5.91 Å². The second kappa shape index (κ2) is 10.3. The van der Waals surface area contributed by atoms with Gasteiger partial charge in [-0.1, -0.05) is 13.8 Å². The number of anilines is 3. The van der Waals surface area contributed by atoms with Crippen LogP contribution in [0.15, 0.2) is 35.5 Å². The maximum Gasteiger partial charge on any atom is 0.254 e. The van der Waals surface area contributed by atoms with E-state index in [0.29, 0.717) is 17.9 Å². The summed E-state index contributed by atoms with van der Waals surface area (Å²) in [6.07, 6.45) is 7.43. The second-order valence-corrected chi connectivity index (χ2v) is 10.6. The monoisotopic (exact) mass is 478 g/mol. The van der Waals surface area contributed by atoms with Gasteiger partial charge in [0.15, 0.2) is 0 Å². The van der Waals surface area contributed by atoms with Crippen LogP contribution in [0.1, 0.15) is 75.2 Å². The summed E-state index contributed by atoms with van der Waals surface area (Å²) in [4.78, 5) is 22.1. The van der Waals surface area contributed by atoms with Crippen LogP contribution in [0.2, 0.25) is 0 Å². The summed E-state index contributed by atoms with van der Waals surface area (Å²) in [5.41, 5.74) is 9.56. The summed E-state index contributed by atoms with van der Waals surface area (Å²) >= 11 is 0. The van der Waals surface area contributed by atoms with Crippen LogP contribution in [-0.2, 0) is 0 Å². The highest BCUT2D eigenvalue weighted by Crippen LogP contribution is 2.35. The molecule has 35 heavy (non-hydrogen) atoms. The molecular weight excluding hydrogens is 440 g/mol. The number of benzene rings is 1. The average Bonchev–Trinajstić information content (AvgIpc) is 3.18. The first-order valence-corrected chi connectivity index (χ1v) is 12.6. The standard InChI is InChI=1S/C27H38N6O2/c1-16-13-29-23-10-9-20(11-21(16)23)33-25-12-24(32-19-7-5-18(28)6-8-19)22(15-30-25)26(34)31-14-17(2)27(3,4)35/h9-13,15-19,35H,5-8,14,28H2,1-4H3,(H,31,34)(H2,30,32,33)/t16?,17-,18?,19?/m1/s1. The fourth-order valence-corrected chi connectivity index (χ4v) is 4.43. The molecule has 1 aromatic carbocycles. The van der Waals surface area contributed by atoms with Gasteiger partial charge in [-0.25, -0.2) is 4.98 Å². The van der Waals surface area contributed by atoms with E-state index in [0.717, 1.165) is 42.7 Å². The average molecular weight is 479 g/mol. The molecule has 6 N–H and O–H groups in total. The number of nitrogens with zero attached hydrogens (tertiary/aromatic N) is 2. The molecule has 0 radical (unpaired) electrons. The van der Waals surface area contributed by atoms with Gasteiger partial charge in [-0.3, -0.25) is 9.79 Å². The Kier molecular flexibility index (Phi) is 7.42. The third-order valence-electron chi connectivity index (χ3n) is 7.28. The molecule has 1 fully saturated rings. The lowest BCUT2D eigenvalue weighted by Crippen LogP contribution is -2.39. The number of aromatic nitrogens is 1. The first-order valence-electron chi connectivity index (χ1n) is 12.6. The van der Waals surface area contributed by atoms with Crippen LogP contribution in [0.3, 0.4) is 0 Å².